The molecule has 0 aliphatic heterocycles. The van der Waals surface area contributed by atoms with Crippen molar-refractivity contribution in [1.82, 2.24) is 0 Å². The molecule has 0 radical (unpaired) electrons. The molecule has 58 valence electrons. The van der Waals surface area contributed by atoms with Crippen molar-refractivity contribution >= 4 is 0 Å². The van der Waals surface area contributed by atoms with E-state index in [1.54, 1.807) is 0 Å². The Labute approximate surface area is 87.9 Å². The fourth-order valence-electron chi connectivity index (χ4n) is 0.184. The smallest absolute Gasteiger partial charge is 0.0621 e. The molecule has 0 amide bonds. The summed E-state index contributed by atoms with van der Waals surface area (Å²) in [4.78, 5) is 0. The molecule has 1 heteroatoms. The third kappa shape index (κ3) is 7.49. The highest BCUT2D eigenvalue weighted by atomic mass is 14.2. The van der Waals surface area contributed by atoms with E-state index in [-0.39, 0.29) is 0 Å². The van der Waals surface area contributed by atoms with Crippen LogP contribution in [0.2, 0.25) is 0 Å². The summed E-state index contributed by atoms with van der Waals surface area (Å²) in [5.74, 6) is 0. The second-order valence-corrected chi connectivity index (χ2v) is 0.987. The van der Waals surface area contributed by atoms with Gasteiger partial charge in [0.1, 0.15) is 0 Å². The highest BCUT2D eigenvalue weighted by molar-refractivity contribution is 4.67. The lowest BCUT2D eigenvalue weighted by Crippen LogP contribution is -1.77. The first-order valence-corrected chi connectivity index (χ1v) is 2.22. The number of hydrogen-bond donors (Lipinski definition) is 0. The average molecular weight is 156 g/mol. The Hall–Kier alpha value is -0.510. The Morgan fingerprint density at radius 2 is 2.00 bits per heavy atom. The predicted octanol–water partition coefficient (Wildman–Crippen LogP) is 3.26. The molecule has 0 N–H and O–H groups in total. The van der Waals surface area contributed by atoms with Crippen molar-refractivity contribution in [2.24, 2.45) is 0 Å². The first-order valence-electron chi connectivity index (χ1n) is 10.7. The molecule has 0 aromatic heterocycles. The van der Waals surface area contributed by atoms with E-state index in [0.717, 1.165) is 6.07 Å². The first kappa shape index (κ1) is 1.05. The van der Waals surface area contributed by atoms with E-state index in [1.807, 2.05) is 0 Å². The molecule has 0 aliphatic carbocycles. The van der Waals surface area contributed by atoms with Gasteiger partial charge in [0.05, 0.1) is 6.07 Å². The van der Waals surface area contributed by atoms with Crippen LogP contribution in [0.4, 0.5) is 0 Å². The standard InChI is InChI=1S/C9H17N/c1-2-3-4-5-6-7-8-9-10/h2-8H2,1H3/i1D3,2D2,3D2,4D2,5D2,6D2,7D2,8D2. The predicted molar refractivity (Wildman–Crippen MR) is 43.6 cm³/mol. The minimum absolute atomic E-state index is 0.776. The third-order valence-corrected chi connectivity index (χ3v) is 0.431. The molecule has 0 saturated carbocycles. The van der Waals surface area contributed by atoms with Crippen molar-refractivity contribution in [3.05, 3.63) is 0 Å². The molecule has 0 unspecified atom stereocenters. The molecule has 0 atom stereocenters. The Balaban J connectivity index is 6.71. The molecule has 0 heterocycles. The van der Waals surface area contributed by atoms with Gasteiger partial charge in [-0.3, -0.25) is 0 Å². The summed E-state index contributed by atoms with van der Waals surface area (Å²) in [7, 11) is 0. The monoisotopic (exact) mass is 156 g/mol. The molecule has 0 aromatic carbocycles. The van der Waals surface area contributed by atoms with Crippen LogP contribution in [-0.2, 0) is 0 Å². The number of hydrogen-bond acceptors (Lipinski definition) is 1. The highest BCUT2D eigenvalue weighted by Gasteiger charge is 1.87. The number of rotatable bonds is 6. The molecule has 0 aliphatic rings. The van der Waals surface area contributed by atoms with Crippen LogP contribution in [0.25, 0.3) is 0 Å². The quantitative estimate of drug-likeness (QED) is 0.579. The van der Waals surface area contributed by atoms with E-state index < -0.39 is 51.5 Å². The van der Waals surface area contributed by atoms with Gasteiger partial charge in [-0.05, 0) is 6.37 Å². The van der Waals surface area contributed by atoms with E-state index in [4.69, 9.17) is 28.6 Å². The topological polar surface area (TPSA) is 23.8 Å². The Morgan fingerprint density at radius 3 is 2.70 bits per heavy atom. The van der Waals surface area contributed by atoms with Crippen molar-refractivity contribution in [3.8, 4) is 6.07 Å². The summed E-state index contributed by atoms with van der Waals surface area (Å²) < 4.78 is 127. The average Bonchev–Trinajstić information content (AvgIpc) is 2.44. The zero-order valence-electron chi connectivity index (χ0n) is 21.9. The van der Waals surface area contributed by atoms with Crippen molar-refractivity contribution in [2.45, 2.75) is 51.5 Å². The van der Waals surface area contributed by atoms with Crippen molar-refractivity contribution < 1.29 is 23.3 Å². The maximum absolute atomic E-state index is 8.70. The van der Waals surface area contributed by atoms with Gasteiger partial charge in [0, 0.05) is 29.7 Å². The van der Waals surface area contributed by atoms with Gasteiger partial charge in [0.15, 0.2) is 0 Å². The fourth-order valence-corrected chi connectivity index (χ4v) is 0.184. The summed E-state index contributed by atoms with van der Waals surface area (Å²) in [5, 5.41) is 8.70. The van der Waals surface area contributed by atoms with E-state index in [9.17, 15) is 0 Å². The van der Waals surface area contributed by atoms with Crippen LogP contribution in [0.5, 0.6) is 0 Å². The largest absolute Gasteiger partial charge is 0.198 e. The minimum Gasteiger partial charge on any atom is -0.198 e. The summed E-state index contributed by atoms with van der Waals surface area (Å²) in [6.45, 7) is -3.80. The SMILES string of the molecule is [2H]C([2H])([2H])C([2H])([2H])C([2H])([2H])C([2H])([2H])C([2H])([2H])C([2H])([2H])C([2H])([2H])C([2H])([2H])C#N. The number of nitrogens with zero attached hydrogens (tertiary/aromatic N) is 1. The lowest BCUT2D eigenvalue weighted by Gasteiger charge is -1.95. The Kier molecular flexibility index (Phi) is 0.894. The van der Waals surface area contributed by atoms with Gasteiger partial charge in [-0.25, -0.2) is 0 Å². The molecular formula is C9H17N. The molecule has 1 nitrogen and oxygen atoms in total. The summed E-state index contributed by atoms with van der Waals surface area (Å²) in [5.41, 5.74) is 0. The van der Waals surface area contributed by atoms with Crippen LogP contribution in [0.15, 0.2) is 0 Å². The molecule has 0 bridgehead atoms. The second kappa shape index (κ2) is 8.49. The molecule has 10 heavy (non-hydrogen) atoms. The van der Waals surface area contributed by atoms with Gasteiger partial charge in [0.25, 0.3) is 0 Å². The second-order valence-electron chi connectivity index (χ2n) is 0.987. The van der Waals surface area contributed by atoms with E-state index in [0.29, 0.717) is 0 Å². The van der Waals surface area contributed by atoms with E-state index in [2.05, 4.69) is 0 Å². The van der Waals surface area contributed by atoms with Gasteiger partial charge in [0.2, 0.25) is 0 Å². The first-order chi connectivity index (χ1) is 11.3. The lowest BCUT2D eigenvalue weighted by molar-refractivity contribution is 0.613. The van der Waals surface area contributed by atoms with Crippen LogP contribution >= 0.6 is 0 Å². The van der Waals surface area contributed by atoms with Crippen LogP contribution in [0.1, 0.15) is 74.8 Å². The van der Waals surface area contributed by atoms with Gasteiger partial charge < -0.3 is 0 Å². The van der Waals surface area contributed by atoms with Gasteiger partial charge in [-0.1, -0.05) is 38.7 Å². The van der Waals surface area contributed by atoms with E-state index >= 15 is 0 Å². The fraction of sp³-hybridized carbons (Fsp3) is 0.889. The summed E-state index contributed by atoms with van der Waals surface area (Å²) >= 11 is 0. The van der Waals surface area contributed by atoms with Gasteiger partial charge >= 0.3 is 0 Å². The summed E-state index contributed by atoms with van der Waals surface area (Å²) in [6.07, 6.45) is -28.9. The summed E-state index contributed by atoms with van der Waals surface area (Å²) in [6, 6.07) is 0.776. The van der Waals surface area contributed by atoms with Crippen molar-refractivity contribution in [2.75, 3.05) is 0 Å². The molecule has 0 spiro atoms. The van der Waals surface area contributed by atoms with Crippen LogP contribution in [-0.4, -0.2) is 0 Å². The normalized spacial score (nSPS) is 45.7. The van der Waals surface area contributed by atoms with Crippen molar-refractivity contribution in [3.63, 3.8) is 0 Å². The van der Waals surface area contributed by atoms with Gasteiger partial charge in [-0.15, -0.1) is 0 Å². The molecular weight excluding hydrogens is 122 g/mol. The van der Waals surface area contributed by atoms with Crippen LogP contribution in [0, 0.1) is 11.3 Å². The van der Waals surface area contributed by atoms with Gasteiger partial charge in [-0.2, -0.15) is 5.26 Å². The lowest BCUT2D eigenvalue weighted by atomic mass is 10.1. The maximum Gasteiger partial charge on any atom is 0.0621 e. The Bertz CT molecular complexity index is 605. The molecule has 0 rings (SSSR count). The van der Waals surface area contributed by atoms with Crippen molar-refractivity contribution in [1.29, 1.82) is 5.26 Å². The zero-order valence-corrected chi connectivity index (χ0v) is 4.95. The highest BCUT2D eigenvalue weighted by Crippen LogP contribution is 2.05. The van der Waals surface area contributed by atoms with Crippen LogP contribution < -0.4 is 0 Å². The maximum atomic E-state index is 8.70. The zero-order chi connectivity index (χ0) is 22.7. The number of nitriles is 1. The Morgan fingerprint density at radius 1 is 1.30 bits per heavy atom. The minimum atomic E-state index is -4.32. The molecule has 0 aromatic rings. The third-order valence-electron chi connectivity index (χ3n) is 0.431. The molecule has 0 fully saturated rings. The molecule has 0 saturated heterocycles. The van der Waals surface area contributed by atoms with E-state index in [1.165, 1.54) is 0 Å². The van der Waals surface area contributed by atoms with Crippen LogP contribution in [0.3, 0.4) is 0 Å².